The molecular formula is C12H13BrFNO2. The number of hydrogen-bond acceptors (Lipinski definition) is 2. The molecule has 1 fully saturated rings. The Bertz CT molecular complexity index is 418. The van der Waals surface area contributed by atoms with Gasteiger partial charge in [-0.05, 0) is 41.4 Å². The van der Waals surface area contributed by atoms with E-state index in [1.807, 2.05) is 6.92 Å². The van der Waals surface area contributed by atoms with Crippen LogP contribution in [0.2, 0.25) is 0 Å². The van der Waals surface area contributed by atoms with Gasteiger partial charge >= 0.3 is 0 Å². The van der Waals surface area contributed by atoms with Crippen molar-refractivity contribution in [3.05, 3.63) is 34.1 Å². The maximum atomic E-state index is 13.5. The zero-order valence-corrected chi connectivity index (χ0v) is 11.0. The Hall–Kier alpha value is -0.940. The molecule has 1 aromatic carbocycles. The smallest absolute Gasteiger partial charge is 0.255 e. The number of halogens is 2. The van der Waals surface area contributed by atoms with Crippen molar-refractivity contribution in [2.75, 3.05) is 6.61 Å². The van der Waals surface area contributed by atoms with Gasteiger partial charge in [0, 0.05) is 11.1 Å². The normalized spacial score (nSPS) is 23.7. The molecule has 17 heavy (non-hydrogen) atoms. The van der Waals surface area contributed by atoms with Crippen molar-refractivity contribution in [3.63, 3.8) is 0 Å². The number of nitrogens with one attached hydrogen (secondary N) is 1. The van der Waals surface area contributed by atoms with Crippen molar-refractivity contribution in [3.8, 4) is 0 Å². The number of carbonyl (C=O) groups is 1. The fraction of sp³-hybridized carbons (Fsp3) is 0.417. The van der Waals surface area contributed by atoms with Gasteiger partial charge in [-0.1, -0.05) is 6.07 Å². The van der Waals surface area contributed by atoms with Crippen LogP contribution in [0.5, 0.6) is 0 Å². The van der Waals surface area contributed by atoms with Crippen molar-refractivity contribution < 1.29 is 13.9 Å². The number of benzene rings is 1. The van der Waals surface area contributed by atoms with E-state index < -0.39 is 11.7 Å². The molecule has 1 amide bonds. The summed E-state index contributed by atoms with van der Waals surface area (Å²) in [4.78, 5) is 12.0. The number of carbonyl (C=O) groups excluding carboxylic acids is 1. The van der Waals surface area contributed by atoms with E-state index in [0.717, 1.165) is 6.42 Å². The number of ether oxygens (including phenoxy) is 1. The second-order valence-corrected chi connectivity index (χ2v) is 4.90. The van der Waals surface area contributed by atoms with E-state index >= 15 is 0 Å². The highest BCUT2D eigenvalue weighted by atomic mass is 79.9. The largest absolute Gasteiger partial charge is 0.376 e. The van der Waals surface area contributed by atoms with Gasteiger partial charge in [0.05, 0.1) is 17.7 Å². The average molecular weight is 302 g/mol. The van der Waals surface area contributed by atoms with Gasteiger partial charge in [0.15, 0.2) is 0 Å². The van der Waals surface area contributed by atoms with Gasteiger partial charge < -0.3 is 10.1 Å². The summed E-state index contributed by atoms with van der Waals surface area (Å²) in [5.74, 6) is -0.930. The Labute approximate surface area is 107 Å². The second-order valence-electron chi connectivity index (χ2n) is 4.04. The van der Waals surface area contributed by atoms with Gasteiger partial charge in [-0.25, -0.2) is 4.39 Å². The monoisotopic (exact) mass is 301 g/mol. The Morgan fingerprint density at radius 2 is 2.35 bits per heavy atom. The third-order valence-electron chi connectivity index (χ3n) is 2.88. The molecule has 3 nitrogen and oxygen atoms in total. The molecule has 0 radical (unpaired) electrons. The standard InChI is InChI=1S/C12H13BrFNO2/c1-7-10(5-6-17-7)15-12(16)11-8(13)3-2-4-9(11)14/h2-4,7,10H,5-6H2,1H3,(H,15,16). The molecular weight excluding hydrogens is 289 g/mol. The Kier molecular flexibility index (Phi) is 3.79. The predicted octanol–water partition coefficient (Wildman–Crippen LogP) is 2.50. The fourth-order valence-corrected chi connectivity index (χ4v) is 2.40. The fourth-order valence-electron chi connectivity index (χ4n) is 1.88. The first kappa shape index (κ1) is 12.5. The number of hydrogen-bond donors (Lipinski definition) is 1. The van der Waals surface area contributed by atoms with Gasteiger partial charge in [-0.3, -0.25) is 4.79 Å². The van der Waals surface area contributed by atoms with Gasteiger partial charge in [-0.15, -0.1) is 0 Å². The number of amides is 1. The Morgan fingerprint density at radius 3 is 2.94 bits per heavy atom. The van der Waals surface area contributed by atoms with Crippen LogP contribution >= 0.6 is 15.9 Å². The third-order valence-corrected chi connectivity index (χ3v) is 3.54. The summed E-state index contributed by atoms with van der Waals surface area (Å²) >= 11 is 3.18. The van der Waals surface area contributed by atoms with Gasteiger partial charge in [0.25, 0.3) is 5.91 Å². The van der Waals surface area contributed by atoms with Crippen molar-refractivity contribution in [1.29, 1.82) is 0 Å². The van der Waals surface area contributed by atoms with Gasteiger partial charge in [0.1, 0.15) is 5.82 Å². The summed E-state index contributed by atoms with van der Waals surface area (Å²) in [5.41, 5.74) is 0.0478. The van der Waals surface area contributed by atoms with E-state index in [0.29, 0.717) is 11.1 Å². The third kappa shape index (κ3) is 2.66. The van der Waals surface area contributed by atoms with Crippen LogP contribution in [0.3, 0.4) is 0 Å². The molecule has 1 aliphatic heterocycles. The van der Waals surface area contributed by atoms with E-state index in [1.165, 1.54) is 6.07 Å². The first-order valence-corrected chi connectivity index (χ1v) is 6.25. The van der Waals surface area contributed by atoms with Gasteiger partial charge in [0.2, 0.25) is 0 Å². The summed E-state index contributed by atoms with van der Waals surface area (Å²) in [6, 6.07) is 4.42. The molecule has 92 valence electrons. The molecule has 1 aromatic rings. The van der Waals surface area contributed by atoms with Crippen molar-refractivity contribution in [2.24, 2.45) is 0 Å². The maximum absolute atomic E-state index is 13.5. The summed E-state index contributed by atoms with van der Waals surface area (Å²) in [6.45, 7) is 2.53. The van der Waals surface area contributed by atoms with Crippen molar-refractivity contribution in [1.82, 2.24) is 5.32 Å². The molecule has 0 aliphatic carbocycles. The molecule has 1 aliphatic rings. The summed E-state index contributed by atoms with van der Waals surface area (Å²) in [7, 11) is 0. The Morgan fingerprint density at radius 1 is 1.59 bits per heavy atom. The van der Waals surface area contributed by atoms with Crippen molar-refractivity contribution in [2.45, 2.75) is 25.5 Å². The average Bonchev–Trinajstić information content (AvgIpc) is 2.64. The van der Waals surface area contributed by atoms with Gasteiger partial charge in [-0.2, -0.15) is 0 Å². The summed E-state index contributed by atoms with van der Waals surface area (Å²) in [5, 5.41) is 2.79. The van der Waals surface area contributed by atoms with Crippen LogP contribution < -0.4 is 5.32 Å². The van der Waals surface area contributed by atoms with Crippen LogP contribution in [0, 0.1) is 5.82 Å². The van der Waals surface area contributed by atoms with E-state index in [2.05, 4.69) is 21.2 Å². The van der Waals surface area contributed by atoms with E-state index in [-0.39, 0.29) is 17.7 Å². The quantitative estimate of drug-likeness (QED) is 0.911. The first-order chi connectivity index (χ1) is 8.09. The Balaban J connectivity index is 2.14. The molecule has 2 atom stereocenters. The van der Waals surface area contributed by atoms with Crippen LogP contribution in [0.25, 0.3) is 0 Å². The van der Waals surface area contributed by atoms with Crippen LogP contribution in [-0.2, 0) is 4.74 Å². The zero-order valence-electron chi connectivity index (χ0n) is 9.37. The van der Waals surface area contributed by atoms with E-state index in [1.54, 1.807) is 12.1 Å². The molecule has 0 bridgehead atoms. The lowest BCUT2D eigenvalue weighted by Crippen LogP contribution is -2.39. The summed E-state index contributed by atoms with van der Waals surface area (Å²) < 4.78 is 19.4. The molecule has 1 saturated heterocycles. The molecule has 0 aromatic heterocycles. The summed E-state index contributed by atoms with van der Waals surface area (Å²) in [6.07, 6.45) is 0.739. The molecule has 5 heteroatoms. The van der Waals surface area contributed by atoms with Crippen LogP contribution in [0.15, 0.2) is 22.7 Å². The minimum Gasteiger partial charge on any atom is -0.376 e. The lowest BCUT2D eigenvalue weighted by molar-refractivity contribution is 0.0862. The second kappa shape index (κ2) is 5.14. The molecule has 2 unspecified atom stereocenters. The predicted molar refractivity (Wildman–Crippen MR) is 65.4 cm³/mol. The minimum absolute atomic E-state index is 0.0236. The van der Waals surface area contributed by atoms with Crippen LogP contribution in [0.1, 0.15) is 23.7 Å². The lowest BCUT2D eigenvalue weighted by Gasteiger charge is -2.16. The first-order valence-electron chi connectivity index (χ1n) is 5.46. The molecule has 1 N–H and O–H groups in total. The lowest BCUT2D eigenvalue weighted by atomic mass is 10.1. The van der Waals surface area contributed by atoms with Crippen LogP contribution in [0.4, 0.5) is 4.39 Å². The van der Waals surface area contributed by atoms with E-state index in [9.17, 15) is 9.18 Å². The van der Waals surface area contributed by atoms with E-state index in [4.69, 9.17) is 4.74 Å². The maximum Gasteiger partial charge on any atom is 0.255 e. The SMILES string of the molecule is CC1OCCC1NC(=O)c1c(F)cccc1Br. The van der Waals surface area contributed by atoms with Crippen LogP contribution in [-0.4, -0.2) is 24.7 Å². The number of rotatable bonds is 2. The molecule has 0 saturated carbocycles. The highest BCUT2D eigenvalue weighted by Gasteiger charge is 2.27. The molecule has 0 spiro atoms. The topological polar surface area (TPSA) is 38.3 Å². The highest BCUT2D eigenvalue weighted by Crippen LogP contribution is 2.21. The van der Waals surface area contributed by atoms with Crippen molar-refractivity contribution >= 4 is 21.8 Å². The molecule has 1 heterocycles. The molecule has 2 rings (SSSR count). The zero-order chi connectivity index (χ0) is 12.4. The highest BCUT2D eigenvalue weighted by molar-refractivity contribution is 9.10. The minimum atomic E-state index is -0.525.